The molecule has 2 rings (SSSR count). The van der Waals surface area contributed by atoms with E-state index in [4.69, 9.17) is 4.74 Å². The van der Waals surface area contributed by atoms with Gasteiger partial charge in [-0.15, -0.1) is 0 Å². The van der Waals surface area contributed by atoms with E-state index in [0.717, 1.165) is 0 Å². The lowest BCUT2D eigenvalue weighted by atomic mass is 10.1. The number of benzene rings is 1. The molecule has 1 aromatic rings. The lowest BCUT2D eigenvalue weighted by molar-refractivity contribution is 0.0541. The molecule has 1 aromatic carbocycles. The minimum Gasteiger partial charge on any atom is -0.472 e. The minimum atomic E-state index is 0.0286. The van der Waals surface area contributed by atoms with Crippen LogP contribution in [0.1, 0.15) is 10.4 Å². The zero-order valence-corrected chi connectivity index (χ0v) is 8.54. The smallest absolute Gasteiger partial charge is 0.260 e. The highest BCUT2D eigenvalue weighted by molar-refractivity contribution is 7.80. The van der Waals surface area contributed by atoms with Crippen molar-refractivity contribution in [3.63, 3.8) is 0 Å². The molecule has 3 nitrogen and oxygen atoms in total. The number of rotatable bonds is 2. The van der Waals surface area contributed by atoms with E-state index in [0.29, 0.717) is 30.3 Å². The normalized spacial score (nSPS) is 14.9. The average Bonchev–Trinajstić information content (AvgIpc) is 2.23. The van der Waals surface area contributed by atoms with Crippen LogP contribution >= 0.6 is 12.6 Å². The van der Waals surface area contributed by atoms with Gasteiger partial charge in [0.15, 0.2) is 6.73 Å². The zero-order valence-electron chi connectivity index (χ0n) is 7.64. The van der Waals surface area contributed by atoms with Gasteiger partial charge in [0, 0.05) is 12.3 Å². The fourth-order valence-electron chi connectivity index (χ4n) is 1.43. The molecule has 0 fully saturated rings. The lowest BCUT2D eigenvalue weighted by Crippen LogP contribution is -2.39. The van der Waals surface area contributed by atoms with Crippen LogP contribution in [-0.4, -0.2) is 29.8 Å². The molecule has 0 bridgehead atoms. The Labute approximate surface area is 88.1 Å². The van der Waals surface area contributed by atoms with Crippen molar-refractivity contribution in [2.24, 2.45) is 0 Å². The largest absolute Gasteiger partial charge is 0.472 e. The Kier molecular flexibility index (Phi) is 2.63. The van der Waals surface area contributed by atoms with E-state index < -0.39 is 0 Å². The molecule has 1 amide bonds. The van der Waals surface area contributed by atoms with E-state index in [-0.39, 0.29) is 5.91 Å². The molecular weight excluding hydrogens is 198 g/mol. The Hall–Kier alpha value is -1.16. The summed E-state index contributed by atoms with van der Waals surface area (Å²) in [7, 11) is 0. The molecule has 14 heavy (non-hydrogen) atoms. The van der Waals surface area contributed by atoms with Crippen LogP contribution in [-0.2, 0) is 0 Å². The summed E-state index contributed by atoms with van der Waals surface area (Å²) in [5, 5.41) is 0. The van der Waals surface area contributed by atoms with E-state index >= 15 is 0 Å². The minimum absolute atomic E-state index is 0.0286. The molecule has 0 saturated heterocycles. The van der Waals surface area contributed by atoms with Gasteiger partial charge in [-0.25, -0.2) is 0 Å². The Morgan fingerprint density at radius 3 is 3.00 bits per heavy atom. The molecular formula is C10H11NO2S. The maximum absolute atomic E-state index is 11.8. The van der Waals surface area contributed by atoms with Gasteiger partial charge in [0.05, 0.1) is 5.56 Å². The first kappa shape index (κ1) is 9.40. The highest BCUT2D eigenvalue weighted by Gasteiger charge is 2.23. The van der Waals surface area contributed by atoms with Crippen LogP contribution in [0.3, 0.4) is 0 Å². The summed E-state index contributed by atoms with van der Waals surface area (Å²) >= 11 is 4.09. The molecule has 4 heteroatoms. The molecule has 1 heterocycles. The Morgan fingerprint density at radius 1 is 1.43 bits per heavy atom. The average molecular weight is 209 g/mol. The lowest BCUT2D eigenvalue weighted by Gasteiger charge is -2.28. The molecule has 0 atom stereocenters. The third kappa shape index (κ3) is 1.57. The van der Waals surface area contributed by atoms with Crippen LogP contribution in [0.2, 0.25) is 0 Å². The second-order valence-electron chi connectivity index (χ2n) is 3.06. The van der Waals surface area contributed by atoms with Gasteiger partial charge in [-0.1, -0.05) is 12.1 Å². The van der Waals surface area contributed by atoms with Crippen LogP contribution in [0.25, 0.3) is 0 Å². The van der Waals surface area contributed by atoms with E-state index in [9.17, 15) is 4.79 Å². The number of fused-ring (bicyclic) bond motifs is 1. The van der Waals surface area contributed by atoms with Crippen LogP contribution < -0.4 is 4.74 Å². The Balaban J connectivity index is 2.27. The van der Waals surface area contributed by atoms with Gasteiger partial charge >= 0.3 is 0 Å². The Morgan fingerprint density at radius 2 is 2.21 bits per heavy atom. The summed E-state index contributed by atoms with van der Waals surface area (Å²) in [6, 6.07) is 7.29. The molecule has 1 aliphatic rings. The maximum atomic E-state index is 11.8. The summed E-state index contributed by atoms with van der Waals surface area (Å²) in [6.45, 7) is 0.951. The standard InChI is InChI=1S/C10H11NO2S/c12-10-8-3-1-2-4-9(8)13-7-11(10)5-6-14/h1-4,14H,5-7H2. The molecule has 0 aromatic heterocycles. The van der Waals surface area contributed by atoms with Gasteiger partial charge in [-0.2, -0.15) is 12.6 Å². The van der Waals surface area contributed by atoms with Gasteiger partial charge in [0.25, 0.3) is 5.91 Å². The number of para-hydroxylation sites is 1. The second kappa shape index (κ2) is 3.92. The number of hydrogen-bond donors (Lipinski definition) is 1. The SMILES string of the molecule is O=C1c2ccccc2OCN1CCS. The van der Waals surface area contributed by atoms with Crippen molar-refractivity contribution in [2.75, 3.05) is 19.0 Å². The number of carbonyl (C=O) groups excluding carboxylic acids is 1. The van der Waals surface area contributed by atoms with E-state index in [1.165, 1.54) is 0 Å². The molecule has 0 saturated carbocycles. The summed E-state index contributed by atoms with van der Waals surface area (Å²) in [6.07, 6.45) is 0. The van der Waals surface area contributed by atoms with Crippen molar-refractivity contribution in [1.29, 1.82) is 0 Å². The third-order valence-electron chi connectivity index (χ3n) is 2.15. The highest BCUT2D eigenvalue weighted by Crippen LogP contribution is 2.23. The van der Waals surface area contributed by atoms with Gasteiger partial charge in [-0.3, -0.25) is 4.79 Å². The summed E-state index contributed by atoms with van der Waals surface area (Å²) in [5.41, 5.74) is 0.639. The van der Waals surface area contributed by atoms with Crippen LogP contribution in [0.15, 0.2) is 24.3 Å². The number of ether oxygens (including phenoxy) is 1. The molecule has 0 spiro atoms. The van der Waals surface area contributed by atoms with Crippen molar-refractivity contribution < 1.29 is 9.53 Å². The number of thiol groups is 1. The summed E-state index contributed by atoms with van der Waals surface area (Å²) in [5.74, 6) is 1.35. The summed E-state index contributed by atoms with van der Waals surface area (Å²) < 4.78 is 5.43. The first-order chi connectivity index (χ1) is 6.83. The molecule has 74 valence electrons. The quantitative estimate of drug-likeness (QED) is 0.746. The topological polar surface area (TPSA) is 29.5 Å². The number of amides is 1. The van der Waals surface area contributed by atoms with E-state index in [1.807, 2.05) is 18.2 Å². The first-order valence-corrected chi connectivity index (χ1v) is 5.08. The van der Waals surface area contributed by atoms with Crippen LogP contribution in [0.4, 0.5) is 0 Å². The first-order valence-electron chi connectivity index (χ1n) is 4.45. The fourth-order valence-corrected chi connectivity index (χ4v) is 1.67. The second-order valence-corrected chi connectivity index (χ2v) is 3.51. The number of carbonyl (C=O) groups is 1. The number of nitrogens with zero attached hydrogens (tertiary/aromatic N) is 1. The molecule has 0 unspecified atom stereocenters. The van der Waals surface area contributed by atoms with Gasteiger partial charge in [0.1, 0.15) is 5.75 Å². The third-order valence-corrected chi connectivity index (χ3v) is 2.35. The van der Waals surface area contributed by atoms with Crippen molar-refractivity contribution in [2.45, 2.75) is 0 Å². The molecule has 0 aliphatic carbocycles. The number of hydrogen-bond acceptors (Lipinski definition) is 3. The summed E-state index contributed by atoms with van der Waals surface area (Å²) in [4.78, 5) is 13.5. The van der Waals surface area contributed by atoms with E-state index in [2.05, 4.69) is 12.6 Å². The monoisotopic (exact) mass is 209 g/mol. The zero-order chi connectivity index (χ0) is 9.97. The van der Waals surface area contributed by atoms with Crippen LogP contribution in [0.5, 0.6) is 5.75 Å². The molecule has 1 aliphatic heterocycles. The predicted octanol–water partition coefficient (Wildman–Crippen LogP) is 1.41. The fraction of sp³-hybridized carbons (Fsp3) is 0.300. The van der Waals surface area contributed by atoms with Gasteiger partial charge in [-0.05, 0) is 12.1 Å². The molecule has 0 radical (unpaired) electrons. The van der Waals surface area contributed by atoms with E-state index in [1.54, 1.807) is 11.0 Å². The maximum Gasteiger partial charge on any atom is 0.260 e. The van der Waals surface area contributed by atoms with Crippen molar-refractivity contribution in [1.82, 2.24) is 4.90 Å². The van der Waals surface area contributed by atoms with Crippen molar-refractivity contribution in [3.8, 4) is 5.75 Å². The Bertz CT molecular complexity index is 354. The van der Waals surface area contributed by atoms with Crippen LogP contribution in [0, 0.1) is 0 Å². The van der Waals surface area contributed by atoms with Gasteiger partial charge < -0.3 is 9.64 Å². The predicted molar refractivity (Wildman–Crippen MR) is 56.8 cm³/mol. The highest BCUT2D eigenvalue weighted by atomic mass is 32.1. The van der Waals surface area contributed by atoms with Gasteiger partial charge in [0.2, 0.25) is 0 Å². The van der Waals surface area contributed by atoms with Crippen molar-refractivity contribution in [3.05, 3.63) is 29.8 Å². The van der Waals surface area contributed by atoms with Crippen molar-refractivity contribution >= 4 is 18.5 Å². The molecule has 0 N–H and O–H groups in total.